The van der Waals surface area contributed by atoms with Crippen LogP contribution >= 0.6 is 23.2 Å². The van der Waals surface area contributed by atoms with Crippen molar-refractivity contribution in [3.8, 4) is 11.5 Å². The lowest BCUT2D eigenvalue weighted by Gasteiger charge is -2.04. The molecule has 122 valence electrons. The summed E-state index contributed by atoms with van der Waals surface area (Å²) in [6.07, 6.45) is 1.80. The van der Waals surface area contributed by atoms with Crippen molar-refractivity contribution in [2.45, 2.75) is 13.3 Å². The highest BCUT2D eigenvalue weighted by atomic mass is 35.5. The zero-order chi connectivity index (χ0) is 17.3. The van der Waals surface area contributed by atoms with E-state index < -0.39 is 0 Å². The van der Waals surface area contributed by atoms with E-state index in [1.54, 1.807) is 37.3 Å². The van der Waals surface area contributed by atoms with Gasteiger partial charge in [0.25, 0.3) is 0 Å². The van der Waals surface area contributed by atoms with Crippen molar-refractivity contribution >= 4 is 41.0 Å². The van der Waals surface area contributed by atoms with E-state index in [1.807, 2.05) is 0 Å². The second-order valence-corrected chi connectivity index (χ2v) is 5.85. The fourth-order valence-corrected chi connectivity index (χ4v) is 2.57. The number of hydrogen-bond donors (Lipinski definition) is 0. The van der Waals surface area contributed by atoms with Crippen LogP contribution in [-0.2, 0) is 4.79 Å². The van der Waals surface area contributed by atoms with E-state index in [0.717, 1.165) is 0 Å². The first-order valence-electron chi connectivity index (χ1n) is 7.22. The highest BCUT2D eigenvalue weighted by molar-refractivity contribution is 6.43. The average Bonchev–Trinajstić information content (AvgIpc) is 2.87. The van der Waals surface area contributed by atoms with Gasteiger partial charge in [-0.25, -0.2) is 0 Å². The van der Waals surface area contributed by atoms with Crippen molar-refractivity contribution in [3.05, 3.63) is 63.3 Å². The van der Waals surface area contributed by atoms with Crippen LogP contribution in [0.25, 0.3) is 6.08 Å². The molecular formula is C18H12Cl2O4. The number of allylic oxidation sites excluding steroid dienone is 1. The van der Waals surface area contributed by atoms with E-state index in [0.29, 0.717) is 32.7 Å². The molecule has 1 heterocycles. The molecule has 0 N–H and O–H groups in total. The van der Waals surface area contributed by atoms with E-state index in [1.165, 1.54) is 12.1 Å². The average molecular weight is 363 g/mol. The molecule has 2 aromatic carbocycles. The Kier molecular flexibility index (Phi) is 4.60. The molecule has 24 heavy (non-hydrogen) atoms. The molecule has 4 nitrogen and oxygen atoms in total. The van der Waals surface area contributed by atoms with Gasteiger partial charge in [-0.15, -0.1) is 0 Å². The van der Waals surface area contributed by atoms with Gasteiger partial charge in [-0.05, 0) is 29.8 Å². The van der Waals surface area contributed by atoms with Crippen molar-refractivity contribution in [3.63, 3.8) is 0 Å². The summed E-state index contributed by atoms with van der Waals surface area (Å²) in [7, 11) is 0. The van der Waals surface area contributed by atoms with Crippen molar-refractivity contribution in [1.29, 1.82) is 0 Å². The molecule has 0 aliphatic carbocycles. The molecule has 0 radical (unpaired) electrons. The van der Waals surface area contributed by atoms with Gasteiger partial charge in [0, 0.05) is 12.5 Å². The van der Waals surface area contributed by atoms with E-state index >= 15 is 0 Å². The standard InChI is InChI=1S/C18H12Cl2O4/c1-2-16(21)23-11-6-7-12-14(9-11)24-15(18(12)22)8-10-4-3-5-13(19)17(10)20/h3-9H,2H2,1H3/b15-8-. The molecule has 0 bridgehead atoms. The molecule has 0 saturated heterocycles. The highest BCUT2D eigenvalue weighted by Gasteiger charge is 2.28. The van der Waals surface area contributed by atoms with Crippen LogP contribution in [0.3, 0.4) is 0 Å². The molecule has 1 aliphatic rings. The van der Waals surface area contributed by atoms with Crippen LogP contribution in [0.2, 0.25) is 10.0 Å². The SMILES string of the molecule is CCC(=O)Oc1ccc2c(c1)O/C(=C\c1cccc(Cl)c1Cl)C2=O. The first kappa shape index (κ1) is 16.6. The number of ketones is 1. The Morgan fingerprint density at radius 2 is 2.04 bits per heavy atom. The number of benzene rings is 2. The number of carbonyl (C=O) groups excluding carboxylic acids is 2. The Labute approximate surface area is 148 Å². The summed E-state index contributed by atoms with van der Waals surface area (Å²) in [4.78, 5) is 23.8. The Balaban J connectivity index is 1.91. The maximum Gasteiger partial charge on any atom is 0.310 e. The molecule has 0 unspecified atom stereocenters. The molecule has 0 saturated carbocycles. The summed E-state index contributed by atoms with van der Waals surface area (Å²) in [6.45, 7) is 1.70. The summed E-state index contributed by atoms with van der Waals surface area (Å²) in [6, 6.07) is 9.76. The number of fused-ring (bicyclic) bond motifs is 1. The van der Waals surface area contributed by atoms with Crippen molar-refractivity contribution in [2.24, 2.45) is 0 Å². The molecule has 1 aliphatic heterocycles. The number of carbonyl (C=O) groups is 2. The number of ether oxygens (including phenoxy) is 2. The monoisotopic (exact) mass is 362 g/mol. The minimum atomic E-state index is -0.360. The largest absolute Gasteiger partial charge is 0.452 e. The molecule has 0 fully saturated rings. The second-order valence-electron chi connectivity index (χ2n) is 5.07. The minimum absolute atomic E-state index is 0.133. The third-order valence-electron chi connectivity index (χ3n) is 3.43. The number of hydrogen-bond acceptors (Lipinski definition) is 4. The van der Waals surface area contributed by atoms with Crippen molar-refractivity contribution in [1.82, 2.24) is 0 Å². The van der Waals surface area contributed by atoms with E-state index in [2.05, 4.69) is 0 Å². The Morgan fingerprint density at radius 3 is 2.79 bits per heavy atom. The normalized spacial score (nSPS) is 14.5. The quantitative estimate of drug-likeness (QED) is 0.441. The van der Waals surface area contributed by atoms with Gasteiger partial charge in [0.05, 0.1) is 15.6 Å². The van der Waals surface area contributed by atoms with Crippen LogP contribution < -0.4 is 9.47 Å². The fourth-order valence-electron chi connectivity index (χ4n) is 2.21. The van der Waals surface area contributed by atoms with Crippen molar-refractivity contribution in [2.75, 3.05) is 0 Å². The van der Waals surface area contributed by atoms with Crippen molar-refractivity contribution < 1.29 is 19.1 Å². The van der Waals surface area contributed by atoms with Gasteiger partial charge in [-0.2, -0.15) is 0 Å². The summed E-state index contributed by atoms with van der Waals surface area (Å²) in [5.74, 6) is 0.171. The van der Waals surface area contributed by atoms with Gasteiger partial charge >= 0.3 is 5.97 Å². The lowest BCUT2D eigenvalue weighted by atomic mass is 10.1. The summed E-state index contributed by atoms with van der Waals surface area (Å²) < 4.78 is 10.7. The molecule has 0 amide bonds. The Hall–Kier alpha value is -2.30. The van der Waals surface area contributed by atoms with Crippen LogP contribution in [0.1, 0.15) is 29.3 Å². The first-order chi connectivity index (χ1) is 11.5. The predicted molar refractivity (Wildman–Crippen MR) is 91.8 cm³/mol. The maximum absolute atomic E-state index is 12.4. The van der Waals surface area contributed by atoms with Crippen LogP contribution in [0.5, 0.6) is 11.5 Å². The molecule has 6 heteroatoms. The minimum Gasteiger partial charge on any atom is -0.452 e. The van der Waals surface area contributed by atoms with Gasteiger partial charge in [-0.1, -0.05) is 42.3 Å². The molecule has 0 atom stereocenters. The predicted octanol–water partition coefficient (Wildman–Crippen LogP) is 4.93. The molecule has 3 rings (SSSR count). The number of esters is 1. The lowest BCUT2D eigenvalue weighted by molar-refractivity contribution is -0.134. The van der Waals surface area contributed by atoms with Gasteiger partial charge in [0.15, 0.2) is 5.76 Å². The smallest absolute Gasteiger partial charge is 0.310 e. The molecule has 0 spiro atoms. The van der Waals surface area contributed by atoms with Crippen LogP contribution in [0, 0.1) is 0 Å². The summed E-state index contributed by atoms with van der Waals surface area (Å²) in [5, 5.41) is 0.735. The second kappa shape index (κ2) is 6.67. The Morgan fingerprint density at radius 1 is 1.25 bits per heavy atom. The first-order valence-corrected chi connectivity index (χ1v) is 7.98. The molecular weight excluding hydrogens is 351 g/mol. The number of rotatable bonds is 3. The lowest BCUT2D eigenvalue weighted by Crippen LogP contribution is -2.05. The topological polar surface area (TPSA) is 52.6 Å². The maximum atomic E-state index is 12.4. The van der Waals surface area contributed by atoms with Gasteiger partial charge < -0.3 is 9.47 Å². The zero-order valence-corrected chi connectivity index (χ0v) is 14.1. The van der Waals surface area contributed by atoms with Crippen LogP contribution in [0.4, 0.5) is 0 Å². The van der Waals surface area contributed by atoms with Crippen LogP contribution in [-0.4, -0.2) is 11.8 Å². The van der Waals surface area contributed by atoms with Crippen LogP contribution in [0.15, 0.2) is 42.2 Å². The fraction of sp³-hybridized carbons (Fsp3) is 0.111. The summed E-state index contributed by atoms with van der Waals surface area (Å²) in [5.41, 5.74) is 0.980. The summed E-state index contributed by atoms with van der Waals surface area (Å²) >= 11 is 12.1. The Bertz CT molecular complexity index is 871. The van der Waals surface area contributed by atoms with E-state index in [9.17, 15) is 9.59 Å². The number of Topliss-reactive ketones (excluding diaryl/α,β-unsaturated/α-hetero) is 1. The zero-order valence-electron chi connectivity index (χ0n) is 12.6. The number of halogens is 2. The highest BCUT2D eigenvalue weighted by Crippen LogP contribution is 2.36. The van der Waals surface area contributed by atoms with Gasteiger partial charge in [0.1, 0.15) is 11.5 Å². The van der Waals surface area contributed by atoms with E-state index in [-0.39, 0.29) is 23.9 Å². The van der Waals surface area contributed by atoms with Gasteiger partial charge in [-0.3, -0.25) is 9.59 Å². The van der Waals surface area contributed by atoms with Gasteiger partial charge in [0.2, 0.25) is 5.78 Å². The molecule has 2 aromatic rings. The third kappa shape index (κ3) is 3.16. The third-order valence-corrected chi connectivity index (χ3v) is 4.26. The van der Waals surface area contributed by atoms with E-state index in [4.69, 9.17) is 32.7 Å². The molecule has 0 aromatic heterocycles.